The van der Waals surface area contributed by atoms with Crippen LogP contribution in [0.15, 0.2) is 30.3 Å². The molecule has 1 fully saturated rings. The van der Waals surface area contributed by atoms with Crippen LogP contribution >= 0.6 is 0 Å². The van der Waals surface area contributed by atoms with E-state index in [0.29, 0.717) is 4.31 Å². The van der Waals surface area contributed by atoms with Gasteiger partial charge in [-0.1, -0.05) is 37.3 Å². The molecule has 1 aromatic rings. The predicted octanol–water partition coefficient (Wildman–Crippen LogP) is 1.38. The van der Waals surface area contributed by atoms with Gasteiger partial charge >= 0.3 is 11.9 Å². The summed E-state index contributed by atoms with van der Waals surface area (Å²) in [4.78, 5) is 35.1. The number of amides is 1. The van der Waals surface area contributed by atoms with Gasteiger partial charge in [0.15, 0.2) is 6.10 Å². The maximum absolute atomic E-state index is 12.9. The van der Waals surface area contributed by atoms with Crippen LogP contribution < -0.4 is 0 Å². The highest BCUT2D eigenvalue weighted by atomic mass is 32.2. The zero-order valence-electron chi connectivity index (χ0n) is 18.8. The van der Waals surface area contributed by atoms with Crippen molar-refractivity contribution in [1.29, 1.82) is 0 Å². The summed E-state index contributed by atoms with van der Waals surface area (Å²) in [6.07, 6.45) is -3.59. The minimum absolute atomic E-state index is 0.0593. The van der Waals surface area contributed by atoms with E-state index in [1.165, 1.54) is 6.92 Å². The molecule has 0 N–H and O–H groups in total. The Morgan fingerprint density at radius 2 is 1.66 bits per heavy atom. The number of hydrogen-bond donors (Lipinski definition) is 0. The van der Waals surface area contributed by atoms with Gasteiger partial charge in [-0.05, 0) is 12.0 Å². The molecule has 1 aromatic carbocycles. The lowest BCUT2D eigenvalue weighted by molar-refractivity contribution is -0.202. The zero-order valence-corrected chi connectivity index (χ0v) is 19.6. The minimum Gasteiger partial charge on any atom is -0.453 e. The van der Waals surface area contributed by atoms with E-state index in [0.717, 1.165) is 26.5 Å². The smallest absolute Gasteiger partial charge is 0.305 e. The fraction of sp³-hybridized carbons (Fsp3) is 0.571. The van der Waals surface area contributed by atoms with Crippen LogP contribution in [0.3, 0.4) is 0 Å². The minimum atomic E-state index is -4.14. The van der Waals surface area contributed by atoms with E-state index in [-0.39, 0.29) is 13.0 Å². The molecule has 2 unspecified atom stereocenters. The fourth-order valence-corrected chi connectivity index (χ4v) is 5.12. The fourth-order valence-electron chi connectivity index (χ4n) is 3.48. The average Bonchev–Trinajstić information content (AvgIpc) is 2.97. The molecule has 0 saturated carbocycles. The molecule has 10 nitrogen and oxygen atoms in total. The largest absolute Gasteiger partial charge is 0.453 e. The molecule has 32 heavy (non-hydrogen) atoms. The Bertz CT molecular complexity index is 934. The number of sulfonamides is 1. The summed E-state index contributed by atoms with van der Waals surface area (Å²) in [6, 6.07) is 9.09. The third kappa shape index (κ3) is 6.05. The Kier molecular flexibility index (Phi) is 8.38. The number of rotatable bonds is 9. The monoisotopic (exact) mass is 471 g/mol. The van der Waals surface area contributed by atoms with Crippen LogP contribution in [0, 0.1) is 0 Å². The first-order valence-electron chi connectivity index (χ1n) is 10.1. The molecule has 4 atom stereocenters. The highest BCUT2D eigenvalue weighted by molar-refractivity contribution is 7.89. The van der Waals surface area contributed by atoms with Crippen molar-refractivity contribution >= 4 is 27.9 Å². The predicted molar refractivity (Wildman–Crippen MR) is 112 cm³/mol. The van der Waals surface area contributed by atoms with Gasteiger partial charge in [-0.2, -0.15) is 0 Å². The number of benzene rings is 1. The maximum Gasteiger partial charge on any atom is 0.305 e. The first kappa shape index (κ1) is 25.8. The SMILES string of the molecule is CC[C@@]1(CS(=O)(=O)N(C)C(C)=O)OC(OC(C)=O)[C@@H](OC(C)=O)C1OCc1ccccc1. The summed E-state index contributed by atoms with van der Waals surface area (Å²) in [6.45, 7) is 5.18. The van der Waals surface area contributed by atoms with Gasteiger partial charge in [-0.3, -0.25) is 14.4 Å². The van der Waals surface area contributed by atoms with E-state index in [2.05, 4.69) is 0 Å². The molecule has 11 heteroatoms. The first-order chi connectivity index (χ1) is 14.9. The standard InChI is InChI=1S/C21H29NO9S/c1-6-21(13-32(26,27)22(5)14(2)23)19(28-12-17-10-8-7-9-11-17)18(29-15(3)24)20(31-21)30-16(4)25/h7-11,18-20H,6,12-13H2,1-5H3/t18-,19?,20?,21-/m0/s1. The summed E-state index contributed by atoms with van der Waals surface area (Å²) in [7, 11) is -2.99. The van der Waals surface area contributed by atoms with E-state index < -0.39 is 57.7 Å². The normalized spacial score (nSPS) is 25.2. The molecule has 0 aliphatic carbocycles. The van der Waals surface area contributed by atoms with Gasteiger partial charge in [0.1, 0.15) is 17.5 Å². The summed E-state index contributed by atoms with van der Waals surface area (Å²) in [5.41, 5.74) is -0.767. The van der Waals surface area contributed by atoms with Crippen LogP contribution in [0.4, 0.5) is 0 Å². The number of nitrogens with zero attached hydrogens (tertiary/aromatic N) is 1. The Morgan fingerprint density at radius 3 is 2.16 bits per heavy atom. The van der Waals surface area contributed by atoms with Crippen LogP contribution in [-0.2, 0) is 50.0 Å². The quantitative estimate of drug-likeness (QED) is 0.491. The van der Waals surface area contributed by atoms with Gasteiger partial charge in [0.25, 0.3) is 0 Å². The third-order valence-corrected chi connectivity index (χ3v) is 7.12. The summed E-state index contributed by atoms with van der Waals surface area (Å²) in [5, 5.41) is 0. The number of hydrogen-bond acceptors (Lipinski definition) is 9. The molecule has 1 aliphatic rings. The Balaban J connectivity index is 2.48. The van der Waals surface area contributed by atoms with Crippen molar-refractivity contribution in [3.63, 3.8) is 0 Å². The van der Waals surface area contributed by atoms with Crippen LogP contribution in [0.2, 0.25) is 0 Å². The molecular weight excluding hydrogens is 442 g/mol. The molecule has 0 radical (unpaired) electrons. The van der Waals surface area contributed by atoms with Crippen molar-refractivity contribution < 1.29 is 41.7 Å². The van der Waals surface area contributed by atoms with Crippen LogP contribution in [0.5, 0.6) is 0 Å². The Morgan fingerprint density at radius 1 is 1.06 bits per heavy atom. The topological polar surface area (TPSA) is 126 Å². The summed E-state index contributed by atoms with van der Waals surface area (Å²) in [5.74, 6) is -2.71. The molecule has 2 rings (SSSR count). The van der Waals surface area contributed by atoms with Crippen LogP contribution in [-0.4, -0.2) is 67.5 Å². The van der Waals surface area contributed by atoms with E-state index in [4.69, 9.17) is 18.9 Å². The Labute approximate surface area is 187 Å². The van der Waals surface area contributed by atoms with Gasteiger partial charge < -0.3 is 18.9 Å². The van der Waals surface area contributed by atoms with Gasteiger partial charge in [0, 0.05) is 27.8 Å². The molecule has 1 aliphatic heterocycles. The molecule has 1 heterocycles. The molecule has 1 saturated heterocycles. The highest BCUT2D eigenvalue weighted by Gasteiger charge is 2.60. The molecular formula is C21H29NO9S. The van der Waals surface area contributed by atoms with Crippen molar-refractivity contribution in [2.24, 2.45) is 0 Å². The van der Waals surface area contributed by atoms with E-state index in [1.807, 2.05) is 30.3 Å². The van der Waals surface area contributed by atoms with Crippen molar-refractivity contribution in [2.45, 2.75) is 64.8 Å². The summed E-state index contributed by atoms with van der Waals surface area (Å²) < 4.78 is 49.0. The lowest BCUT2D eigenvalue weighted by Crippen LogP contribution is -2.52. The zero-order chi connectivity index (χ0) is 24.1. The van der Waals surface area contributed by atoms with Crippen molar-refractivity contribution in [1.82, 2.24) is 4.31 Å². The Hall–Kier alpha value is -2.50. The second kappa shape index (κ2) is 10.4. The van der Waals surface area contributed by atoms with Crippen LogP contribution in [0.1, 0.15) is 39.7 Å². The number of carbonyl (C=O) groups excluding carboxylic acids is 3. The lowest BCUT2D eigenvalue weighted by atomic mass is 9.94. The average molecular weight is 472 g/mol. The maximum atomic E-state index is 12.9. The number of esters is 2. The second-order valence-corrected chi connectivity index (χ2v) is 9.55. The van der Waals surface area contributed by atoms with E-state index in [1.54, 1.807) is 6.92 Å². The summed E-state index contributed by atoms with van der Waals surface area (Å²) >= 11 is 0. The first-order valence-corrected chi connectivity index (χ1v) is 11.7. The van der Waals surface area contributed by atoms with E-state index >= 15 is 0 Å². The van der Waals surface area contributed by atoms with Gasteiger partial charge in [-0.25, -0.2) is 12.7 Å². The highest BCUT2D eigenvalue weighted by Crippen LogP contribution is 2.40. The molecule has 0 spiro atoms. The van der Waals surface area contributed by atoms with Crippen molar-refractivity contribution in [3.05, 3.63) is 35.9 Å². The molecule has 1 amide bonds. The number of ether oxygens (including phenoxy) is 4. The molecule has 0 aromatic heterocycles. The molecule has 0 bridgehead atoms. The number of carbonyl (C=O) groups is 3. The van der Waals surface area contributed by atoms with Crippen LogP contribution in [0.25, 0.3) is 0 Å². The van der Waals surface area contributed by atoms with E-state index in [9.17, 15) is 22.8 Å². The lowest BCUT2D eigenvalue weighted by Gasteiger charge is -2.34. The van der Waals surface area contributed by atoms with Gasteiger partial charge in [-0.15, -0.1) is 0 Å². The third-order valence-electron chi connectivity index (χ3n) is 5.18. The molecule has 178 valence electrons. The second-order valence-electron chi connectivity index (χ2n) is 7.55. The van der Waals surface area contributed by atoms with Gasteiger partial charge in [0.05, 0.1) is 6.61 Å². The van der Waals surface area contributed by atoms with Crippen molar-refractivity contribution in [3.8, 4) is 0 Å². The van der Waals surface area contributed by atoms with Crippen molar-refractivity contribution in [2.75, 3.05) is 12.8 Å². The van der Waals surface area contributed by atoms with Gasteiger partial charge in [0.2, 0.25) is 22.2 Å².